The molecule has 0 radical (unpaired) electrons. The molecule has 2 aliphatic rings. The van der Waals surface area contributed by atoms with Crippen LogP contribution >= 0.6 is 11.8 Å². The first-order valence-electron chi connectivity index (χ1n) is 9.01. The molecule has 0 unspecified atom stereocenters. The van der Waals surface area contributed by atoms with E-state index in [4.69, 9.17) is 14.6 Å². The SMILES string of the molecule is CCN(CC(=O)O)C1CC(NC(=O)Nc2cc3c(cc2SC)OCCO3)C1. The van der Waals surface area contributed by atoms with Crippen LogP contribution in [-0.4, -0.2) is 66.6 Å². The predicted molar refractivity (Wildman–Crippen MR) is 103 cm³/mol. The molecule has 27 heavy (non-hydrogen) atoms. The van der Waals surface area contributed by atoms with Crippen molar-refractivity contribution in [3.63, 3.8) is 0 Å². The van der Waals surface area contributed by atoms with E-state index in [9.17, 15) is 9.59 Å². The summed E-state index contributed by atoms with van der Waals surface area (Å²) in [4.78, 5) is 26.1. The van der Waals surface area contributed by atoms with Crippen molar-refractivity contribution in [3.05, 3.63) is 12.1 Å². The lowest BCUT2D eigenvalue weighted by molar-refractivity contribution is -0.139. The minimum atomic E-state index is -0.825. The van der Waals surface area contributed by atoms with E-state index >= 15 is 0 Å². The average molecular weight is 395 g/mol. The Labute approximate surface area is 162 Å². The highest BCUT2D eigenvalue weighted by atomic mass is 32.2. The molecule has 0 spiro atoms. The molecule has 1 aliphatic heterocycles. The van der Waals surface area contributed by atoms with Crippen LogP contribution in [0.1, 0.15) is 19.8 Å². The molecule has 1 saturated carbocycles. The molecule has 1 aromatic rings. The molecule has 0 bridgehead atoms. The number of fused-ring (bicyclic) bond motifs is 1. The fraction of sp³-hybridized carbons (Fsp3) is 0.556. The van der Waals surface area contributed by atoms with Crippen molar-refractivity contribution >= 4 is 29.4 Å². The number of nitrogens with zero attached hydrogens (tertiary/aromatic N) is 1. The second kappa shape index (κ2) is 8.71. The maximum atomic E-state index is 12.4. The fourth-order valence-electron chi connectivity index (χ4n) is 3.36. The number of likely N-dealkylation sites (N-methyl/N-ethyl adjacent to an activating group) is 1. The molecule has 8 nitrogen and oxygen atoms in total. The highest BCUT2D eigenvalue weighted by molar-refractivity contribution is 7.98. The number of carboxylic acids is 1. The number of benzene rings is 1. The molecule has 1 fully saturated rings. The Balaban J connectivity index is 1.54. The van der Waals surface area contributed by atoms with Crippen molar-refractivity contribution in [2.24, 2.45) is 0 Å². The number of amides is 2. The van der Waals surface area contributed by atoms with Gasteiger partial charge in [0.05, 0.1) is 12.2 Å². The lowest BCUT2D eigenvalue weighted by Crippen LogP contribution is -2.55. The van der Waals surface area contributed by atoms with Crippen LogP contribution < -0.4 is 20.1 Å². The number of carbonyl (C=O) groups excluding carboxylic acids is 1. The number of carboxylic acid groups (broad SMARTS) is 1. The fourth-order valence-corrected chi connectivity index (χ4v) is 3.91. The van der Waals surface area contributed by atoms with Crippen LogP contribution in [0.25, 0.3) is 0 Å². The molecule has 0 aromatic heterocycles. The molecule has 148 valence electrons. The van der Waals surface area contributed by atoms with Crippen LogP contribution in [0.4, 0.5) is 10.5 Å². The maximum absolute atomic E-state index is 12.4. The first kappa shape index (κ1) is 19.6. The van der Waals surface area contributed by atoms with E-state index in [0.29, 0.717) is 36.9 Å². The number of hydrogen-bond donors (Lipinski definition) is 3. The topological polar surface area (TPSA) is 100 Å². The van der Waals surface area contributed by atoms with Crippen LogP contribution in [0, 0.1) is 0 Å². The minimum absolute atomic E-state index is 0.0361. The van der Waals surface area contributed by atoms with Gasteiger partial charge in [0.25, 0.3) is 0 Å². The van der Waals surface area contributed by atoms with Crippen molar-refractivity contribution in [2.45, 2.75) is 36.7 Å². The Morgan fingerprint density at radius 3 is 2.52 bits per heavy atom. The van der Waals surface area contributed by atoms with Gasteiger partial charge in [0.2, 0.25) is 0 Å². The van der Waals surface area contributed by atoms with E-state index in [2.05, 4.69) is 10.6 Å². The zero-order valence-electron chi connectivity index (χ0n) is 15.5. The number of urea groups is 1. The van der Waals surface area contributed by atoms with Gasteiger partial charge in [-0.05, 0) is 31.7 Å². The Morgan fingerprint density at radius 2 is 1.93 bits per heavy atom. The second-order valence-electron chi connectivity index (χ2n) is 6.57. The summed E-state index contributed by atoms with van der Waals surface area (Å²) in [6, 6.07) is 3.64. The van der Waals surface area contributed by atoms with Gasteiger partial charge < -0.3 is 25.2 Å². The first-order chi connectivity index (χ1) is 13.0. The number of aliphatic carboxylic acids is 1. The van der Waals surface area contributed by atoms with Crippen molar-refractivity contribution in [3.8, 4) is 11.5 Å². The van der Waals surface area contributed by atoms with E-state index in [1.54, 1.807) is 6.07 Å². The van der Waals surface area contributed by atoms with Gasteiger partial charge in [-0.25, -0.2) is 4.79 Å². The molecule has 0 saturated heterocycles. The molecule has 1 aliphatic carbocycles. The Bertz CT molecular complexity index is 708. The van der Waals surface area contributed by atoms with Crippen molar-refractivity contribution in [1.29, 1.82) is 0 Å². The summed E-state index contributed by atoms with van der Waals surface area (Å²) >= 11 is 1.52. The van der Waals surface area contributed by atoms with E-state index in [-0.39, 0.29) is 24.7 Å². The normalized spacial score (nSPS) is 20.7. The van der Waals surface area contributed by atoms with Gasteiger partial charge in [-0.1, -0.05) is 6.92 Å². The standard InChI is InChI=1S/C18H25N3O5S/c1-3-21(10-17(22)23)12-6-11(7-12)19-18(24)20-13-8-14-15(9-16(13)27-2)26-5-4-25-14/h8-9,11-12H,3-7,10H2,1-2H3,(H,22,23)(H2,19,20,24). The largest absolute Gasteiger partial charge is 0.486 e. The van der Waals surface area contributed by atoms with Gasteiger partial charge in [0.15, 0.2) is 11.5 Å². The van der Waals surface area contributed by atoms with Crippen LogP contribution in [0.3, 0.4) is 0 Å². The van der Waals surface area contributed by atoms with E-state index in [1.165, 1.54) is 11.8 Å². The molecular weight excluding hydrogens is 370 g/mol. The summed E-state index contributed by atoms with van der Waals surface area (Å²) in [6.45, 7) is 3.68. The predicted octanol–water partition coefficient (Wildman–Crippen LogP) is 2.24. The lowest BCUT2D eigenvalue weighted by atomic mass is 9.85. The Hall–Kier alpha value is -2.13. The van der Waals surface area contributed by atoms with Crippen molar-refractivity contribution < 1.29 is 24.2 Å². The average Bonchev–Trinajstić information content (AvgIpc) is 2.62. The highest BCUT2D eigenvalue weighted by Gasteiger charge is 2.34. The summed E-state index contributed by atoms with van der Waals surface area (Å²) in [5.74, 6) is 0.496. The van der Waals surface area contributed by atoms with Crippen LogP contribution in [0.5, 0.6) is 11.5 Å². The summed E-state index contributed by atoms with van der Waals surface area (Å²) in [5, 5.41) is 14.8. The number of carbonyl (C=O) groups is 2. The maximum Gasteiger partial charge on any atom is 0.319 e. The molecule has 1 heterocycles. The van der Waals surface area contributed by atoms with Crippen LogP contribution in [-0.2, 0) is 4.79 Å². The molecular formula is C18H25N3O5S. The van der Waals surface area contributed by atoms with Gasteiger partial charge in [0, 0.05) is 23.0 Å². The third-order valence-electron chi connectivity index (χ3n) is 4.82. The summed E-state index contributed by atoms with van der Waals surface area (Å²) < 4.78 is 11.2. The van der Waals surface area contributed by atoms with Gasteiger partial charge >= 0.3 is 12.0 Å². The number of thioether (sulfide) groups is 1. The third kappa shape index (κ3) is 4.78. The first-order valence-corrected chi connectivity index (χ1v) is 10.2. The lowest BCUT2D eigenvalue weighted by Gasteiger charge is -2.42. The quantitative estimate of drug-likeness (QED) is 0.609. The number of nitrogens with one attached hydrogen (secondary N) is 2. The summed E-state index contributed by atoms with van der Waals surface area (Å²) in [7, 11) is 0. The second-order valence-corrected chi connectivity index (χ2v) is 7.42. The molecule has 2 amide bonds. The Morgan fingerprint density at radius 1 is 1.26 bits per heavy atom. The number of ether oxygens (including phenoxy) is 2. The minimum Gasteiger partial charge on any atom is -0.486 e. The zero-order chi connectivity index (χ0) is 19.4. The van der Waals surface area contributed by atoms with E-state index in [1.807, 2.05) is 24.1 Å². The van der Waals surface area contributed by atoms with Gasteiger partial charge in [-0.2, -0.15) is 0 Å². The molecule has 1 aromatic carbocycles. The third-order valence-corrected chi connectivity index (χ3v) is 5.60. The van der Waals surface area contributed by atoms with Crippen LogP contribution in [0.15, 0.2) is 17.0 Å². The monoisotopic (exact) mass is 395 g/mol. The summed E-state index contributed by atoms with van der Waals surface area (Å²) in [6.07, 6.45) is 3.45. The Kier molecular flexibility index (Phi) is 6.33. The van der Waals surface area contributed by atoms with Crippen molar-refractivity contribution in [1.82, 2.24) is 10.2 Å². The van der Waals surface area contributed by atoms with Gasteiger partial charge in [0.1, 0.15) is 13.2 Å². The smallest absolute Gasteiger partial charge is 0.319 e. The van der Waals surface area contributed by atoms with E-state index < -0.39 is 5.97 Å². The number of rotatable bonds is 7. The summed E-state index contributed by atoms with van der Waals surface area (Å²) in [5.41, 5.74) is 0.682. The highest BCUT2D eigenvalue weighted by Crippen LogP contribution is 2.39. The van der Waals surface area contributed by atoms with Crippen molar-refractivity contribution in [2.75, 3.05) is 37.9 Å². The molecule has 3 N–H and O–H groups in total. The molecule has 3 rings (SSSR count). The van der Waals surface area contributed by atoms with E-state index in [0.717, 1.165) is 17.7 Å². The molecule has 9 heteroatoms. The van der Waals surface area contributed by atoms with Crippen LogP contribution in [0.2, 0.25) is 0 Å². The molecule has 0 atom stereocenters. The number of anilines is 1. The zero-order valence-corrected chi connectivity index (χ0v) is 16.3. The van der Waals surface area contributed by atoms with Gasteiger partial charge in [-0.15, -0.1) is 11.8 Å². The van der Waals surface area contributed by atoms with Gasteiger partial charge in [-0.3, -0.25) is 9.69 Å². The number of hydrogen-bond acceptors (Lipinski definition) is 6.